The zero-order chi connectivity index (χ0) is 28.0. The lowest BCUT2D eigenvalue weighted by molar-refractivity contribution is -0.132. The Kier molecular flexibility index (Phi) is 6.42. The molecule has 0 unspecified atom stereocenters. The molecular weight excluding hydrogens is 533 g/mol. The van der Waals surface area contributed by atoms with Crippen molar-refractivity contribution in [3.63, 3.8) is 0 Å². The summed E-state index contributed by atoms with van der Waals surface area (Å²) in [5, 5.41) is 9.29. The van der Waals surface area contributed by atoms with Gasteiger partial charge in [0, 0.05) is 42.0 Å². The number of thiophene rings is 2. The monoisotopic (exact) mass is 558 g/mol. The van der Waals surface area contributed by atoms with Crippen LogP contribution in [0.15, 0.2) is 96.7 Å². The van der Waals surface area contributed by atoms with Gasteiger partial charge in [-0.3, -0.25) is 4.79 Å². The number of nitrogens with zero attached hydrogens (tertiary/aromatic N) is 2. The lowest BCUT2D eigenvalue weighted by Crippen LogP contribution is -2.13. The third-order valence-corrected chi connectivity index (χ3v) is 9.80. The highest BCUT2D eigenvalue weighted by Crippen LogP contribution is 2.57. The van der Waals surface area contributed by atoms with Gasteiger partial charge in [-0.2, -0.15) is 0 Å². The zero-order valence-corrected chi connectivity index (χ0v) is 23.9. The van der Waals surface area contributed by atoms with Crippen LogP contribution in [0.3, 0.4) is 0 Å². The first-order chi connectivity index (χ1) is 19.3. The second-order valence-corrected chi connectivity index (χ2v) is 12.5. The highest BCUT2D eigenvalue weighted by molar-refractivity contribution is 7.24. The number of carboxylic acids is 1. The third kappa shape index (κ3) is 4.44. The summed E-state index contributed by atoms with van der Waals surface area (Å²) in [6, 6.07) is 32.0. The Balaban J connectivity index is 1.36. The van der Waals surface area contributed by atoms with Crippen molar-refractivity contribution in [1.29, 1.82) is 0 Å². The van der Waals surface area contributed by atoms with Crippen molar-refractivity contribution in [3.05, 3.63) is 130 Å². The van der Waals surface area contributed by atoms with Crippen LogP contribution >= 0.6 is 22.7 Å². The molecule has 1 aliphatic carbocycles. The van der Waals surface area contributed by atoms with Crippen LogP contribution in [0.4, 0.5) is 17.1 Å². The van der Waals surface area contributed by atoms with Gasteiger partial charge < -0.3 is 10.0 Å². The van der Waals surface area contributed by atoms with Gasteiger partial charge in [0.15, 0.2) is 0 Å². The van der Waals surface area contributed by atoms with Crippen molar-refractivity contribution in [2.24, 2.45) is 0 Å². The summed E-state index contributed by atoms with van der Waals surface area (Å²) in [4.78, 5) is 21.2. The second kappa shape index (κ2) is 9.95. The first-order valence-electron chi connectivity index (χ1n) is 12.9. The molecule has 0 spiro atoms. The molecule has 0 aliphatic heterocycles. The number of fused-ring (bicyclic) bond motifs is 3. The lowest BCUT2D eigenvalue weighted by Gasteiger charge is -2.25. The Morgan fingerprint density at radius 2 is 1.43 bits per heavy atom. The van der Waals surface area contributed by atoms with E-state index >= 15 is 0 Å². The molecule has 0 bridgehead atoms. The molecule has 6 heteroatoms. The van der Waals surface area contributed by atoms with E-state index in [4.69, 9.17) is 6.57 Å². The molecule has 1 N–H and O–H groups in total. The normalized spacial score (nSPS) is 13.4. The van der Waals surface area contributed by atoms with Crippen LogP contribution in [0, 0.1) is 13.5 Å². The first kappa shape index (κ1) is 25.8. The fourth-order valence-electron chi connectivity index (χ4n) is 5.19. The third-order valence-electron chi connectivity index (χ3n) is 7.37. The summed E-state index contributed by atoms with van der Waals surface area (Å²) >= 11 is 3.33. The second-order valence-electron chi connectivity index (χ2n) is 10.4. The number of aliphatic carboxylic acids is 1. The summed E-state index contributed by atoms with van der Waals surface area (Å²) < 4.78 is 0. The van der Waals surface area contributed by atoms with Crippen molar-refractivity contribution in [1.82, 2.24) is 0 Å². The van der Waals surface area contributed by atoms with Crippen LogP contribution in [0.2, 0.25) is 0 Å². The maximum Gasteiger partial charge on any atom is 0.333 e. The van der Waals surface area contributed by atoms with Crippen molar-refractivity contribution >= 4 is 51.8 Å². The minimum Gasteiger partial charge on any atom is -0.486 e. The number of hydrogen-bond donors (Lipinski definition) is 1. The minimum absolute atomic E-state index is 0.195. The van der Waals surface area contributed by atoms with Crippen LogP contribution in [0.1, 0.15) is 35.4 Å². The van der Waals surface area contributed by atoms with E-state index in [1.165, 1.54) is 37.4 Å². The van der Waals surface area contributed by atoms with Gasteiger partial charge in [0.1, 0.15) is 0 Å². The molecule has 2 aromatic heterocycles. The van der Waals surface area contributed by atoms with Crippen LogP contribution < -0.4 is 4.90 Å². The summed E-state index contributed by atoms with van der Waals surface area (Å²) in [5.74, 6) is -1.20. The summed E-state index contributed by atoms with van der Waals surface area (Å²) in [5.41, 5.74) is 7.73. The Labute approximate surface area is 241 Å². The van der Waals surface area contributed by atoms with Crippen molar-refractivity contribution in [2.45, 2.75) is 26.2 Å². The maximum atomic E-state index is 11.4. The molecule has 5 aromatic rings. The molecule has 0 radical (unpaired) electrons. The molecule has 0 fully saturated rings. The molecule has 1 aliphatic rings. The van der Waals surface area contributed by atoms with E-state index < -0.39 is 5.97 Å². The minimum atomic E-state index is -1.20. The molecule has 40 heavy (non-hydrogen) atoms. The van der Waals surface area contributed by atoms with E-state index in [1.54, 1.807) is 22.7 Å². The number of carbonyl (C=O) groups is 1. The van der Waals surface area contributed by atoms with E-state index in [1.807, 2.05) is 12.1 Å². The number of benzene rings is 3. The van der Waals surface area contributed by atoms with Gasteiger partial charge in [-0.25, -0.2) is 4.85 Å². The number of aryl methyl sites for hydroxylation is 1. The SMILES string of the molecule is [C-]#[N+]/C(=C\c1cc2c(s1)-c1sc(-c3ccc(N(c4ccccc4)c4ccc(C)cc4)cc3)cc1C2(C)C)C(=O)O. The number of rotatable bonds is 6. The average Bonchev–Trinajstić information content (AvgIpc) is 3.63. The zero-order valence-electron chi connectivity index (χ0n) is 22.3. The van der Waals surface area contributed by atoms with Crippen LogP contribution in [0.25, 0.3) is 31.1 Å². The first-order valence-corrected chi connectivity index (χ1v) is 14.5. The van der Waals surface area contributed by atoms with Gasteiger partial charge in [-0.05, 0) is 78.2 Å². The molecule has 0 amide bonds. The van der Waals surface area contributed by atoms with Crippen LogP contribution in [-0.2, 0) is 10.2 Å². The van der Waals surface area contributed by atoms with Gasteiger partial charge in [-0.15, -0.1) is 22.7 Å². The van der Waals surface area contributed by atoms with E-state index in [9.17, 15) is 9.90 Å². The number of para-hydroxylation sites is 1. The highest BCUT2D eigenvalue weighted by atomic mass is 32.1. The predicted octanol–water partition coefficient (Wildman–Crippen LogP) is 9.91. The van der Waals surface area contributed by atoms with E-state index in [0.717, 1.165) is 27.5 Å². The van der Waals surface area contributed by atoms with Gasteiger partial charge >= 0.3 is 5.97 Å². The van der Waals surface area contributed by atoms with E-state index in [2.05, 4.69) is 109 Å². The summed E-state index contributed by atoms with van der Waals surface area (Å²) in [6.07, 6.45) is 1.48. The number of carboxylic acid groups (broad SMARTS) is 1. The highest BCUT2D eigenvalue weighted by Gasteiger charge is 2.39. The summed E-state index contributed by atoms with van der Waals surface area (Å²) in [7, 11) is 0. The van der Waals surface area contributed by atoms with Gasteiger partial charge in [0.2, 0.25) is 0 Å². The topological polar surface area (TPSA) is 44.9 Å². The molecule has 0 atom stereocenters. The summed E-state index contributed by atoms with van der Waals surface area (Å²) in [6.45, 7) is 13.7. The maximum absolute atomic E-state index is 11.4. The fourth-order valence-corrected chi connectivity index (χ4v) is 7.93. The van der Waals surface area contributed by atoms with Gasteiger partial charge in [-0.1, -0.05) is 61.9 Å². The molecular formula is C34H26N2O2S2. The predicted molar refractivity (Wildman–Crippen MR) is 167 cm³/mol. The Hall–Kier alpha value is -4.44. The molecule has 196 valence electrons. The van der Waals surface area contributed by atoms with Crippen molar-refractivity contribution in [3.8, 4) is 20.2 Å². The van der Waals surface area contributed by atoms with Gasteiger partial charge in [0.25, 0.3) is 5.70 Å². The quantitative estimate of drug-likeness (QED) is 0.167. The van der Waals surface area contributed by atoms with Crippen molar-refractivity contribution < 1.29 is 9.90 Å². The largest absolute Gasteiger partial charge is 0.486 e. The van der Waals surface area contributed by atoms with E-state index in [-0.39, 0.29) is 11.1 Å². The Bertz CT molecular complexity index is 1800. The molecule has 4 nitrogen and oxygen atoms in total. The molecule has 0 saturated carbocycles. The van der Waals surface area contributed by atoms with Crippen molar-refractivity contribution in [2.75, 3.05) is 4.90 Å². The molecule has 2 heterocycles. The number of anilines is 3. The van der Waals surface area contributed by atoms with E-state index in [0.29, 0.717) is 0 Å². The molecule has 0 saturated heterocycles. The Morgan fingerprint density at radius 1 is 0.850 bits per heavy atom. The van der Waals surface area contributed by atoms with Crippen LogP contribution in [0.5, 0.6) is 0 Å². The fraction of sp³-hybridized carbons (Fsp3) is 0.118. The standard InChI is InChI=1S/C34H26N2O2S2/c1-21-10-14-24(15-11-21)36(23-8-6-5-7-9-23)25-16-12-22(13-17-25)30-20-28-32(40-30)31-27(34(28,2)3)18-26(39-31)19-29(35-4)33(37)38/h5-20H,1-3H3,(H,37,38)/b29-19-. The molecule has 3 aromatic carbocycles. The Morgan fingerprint density at radius 3 is 2.05 bits per heavy atom. The van der Waals surface area contributed by atoms with Crippen LogP contribution in [-0.4, -0.2) is 11.1 Å². The lowest BCUT2D eigenvalue weighted by atomic mass is 9.83. The van der Waals surface area contributed by atoms with Gasteiger partial charge in [0.05, 0.1) is 6.57 Å². The smallest absolute Gasteiger partial charge is 0.333 e. The molecule has 6 rings (SSSR count). The average molecular weight is 559 g/mol. The number of hydrogen-bond acceptors (Lipinski definition) is 4.